The van der Waals surface area contributed by atoms with Crippen LogP contribution in [0.5, 0.6) is 0 Å². The summed E-state index contributed by atoms with van der Waals surface area (Å²) < 4.78 is 17.4. The van der Waals surface area contributed by atoms with Crippen molar-refractivity contribution in [2.75, 3.05) is 0 Å². The zero-order valence-electron chi connectivity index (χ0n) is 8.09. The molecule has 0 radical (unpaired) electrons. The van der Waals surface area contributed by atoms with Gasteiger partial charge < -0.3 is 4.52 Å². The summed E-state index contributed by atoms with van der Waals surface area (Å²) in [4.78, 5) is 0. The maximum atomic E-state index is 11.8. The van der Waals surface area contributed by atoms with Crippen LogP contribution in [0.3, 0.4) is 0 Å². The average molecular weight is 218 g/mol. The van der Waals surface area contributed by atoms with E-state index < -0.39 is 8.03 Å². The molecule has 0 bridgehead atoms. The molecule has 2 nitrogen and oxygen atoms in total. The van der Waals surface area contributed by atoms with Gasteiger partial charge in [0, 0.05) is 11.2 Å². The van der Waals surface area contributed by atoms with Crippen LogP contribution in [0.15, 0.2) is 48.6 Å². The second-order valence-electron chi connectivity index (χ2n) is 3.75. The van der Waals surface area contributed by atoms with Gasteiger partial charge in [-0.15, -0.1) is 0 Å². The molecular weight excluding hydrogens is 207 g/mol. The smallest absolute Gasteiger partial charge is 0.221 e. The summed E-state index contributed by atoms with van der Waals surface area (Å²) in [5.74, 6) is 0.230. The molecule has 0 amide bonds. The lowest BCUT2D eigenvalue weighted by Gasteiger charge is -2.30. The second kappa shape index (κ2) is 3.48. The monoisotopic (exact) mass is 218 g/mol. The molecule has 2 aliphatic rings. The topological polar surface area (TPSA) is 26.3 Å². The summed E-state index contributed by atoms with van der Waals surface area (Å²) in [5, 5.41) is 0.878. The number of allylic oxidation sites excluding steroid dienone is 2. The van der Waals surface area contributed by atoms with E-state index in [1.54, 1.807) is 0 Å². The minimum Gasteiger partial charge on any atom is -0.319 e. The predicted octanol–water partition coefficient (Wildman–Crippen LogP) is 2.39. The van der Waals surface area contributed by atoms with E-state index >= 15 is 0 Å². The first-order chi connectivity index (χ1) is 7.36. The minimum atomic E-state index is -2.05. The van der Waals surface area contributed by atoms with Crippen molar-refractivity contribution in [3.05, 3.63) is 54.1 Å². The molecule has 15 heavy (non-hydrogen) atoms. The second-order valence-corrected chi connectivity index (χ2v) is 5.10. The van der Waals surface area contributed by atoms with Gasteiger partial charge in [0.25, 0.3) is 0 Å². The summed E-state index contributed by atoms with van der Waals surface area (Å²) in [6.45, 7) is 0. The van der Waals surface area contributed by atoms with Gasteiger partial charge in [-0.05, 0) is 11.6 Å². The van der Waals surface area contributed by atoms with Crippen LogP contribution in [0.2, 0.25) is 0 Å². The molecule has 1 aromatic carbocycles. The Labute approximate surface area is 89.1 Å². The fourth-order valence-corrected chi connectivity index (χ4v) is 3.46. The van der Waals surface area contributed by atoms with Crippen molar-refractivity contribution in [3.63, 3.8) is 0 Å². The molecule has 3 rings (SSSR count). The van der Waals surface area contributed by atoms with Crippen molar-refractivity contribution in [2.24, 2.45) is 0 Å². The van der Waals surface area contributed by atoms with E-state index in [0.29, 0.717) is 0 Å². The third-order valence-electron chi connectivity index (χ3n) is 2.87. The standard InChI is InChI=1S/C12H11O2P/c13-15-12-8-4-2-6-10(12)9-5-1-3-7-11(9)14-15/h1-9,11,15H. The highest BCUT2D eigenvalue weighted by atomic mass is 31.1. The van der Waals surface area contributed by atoms with Crippen molar-refractivity contribution < 1.29 is 9.09 Å². The Morgan fingerprint density at radius 2 is 1.93 bits per heavy atom. The fraction of sp³-hybridized carbons (Fsp3) is 0.167. The largest absolute Gasteiger partial charge is 0.319 e. The molecule has 76 valence electrons. The molecule has 1 aliphatic carbocycles. The van der Waals surface area contributed by atoms with Crippen molar-refractivity contribution in [3.8, 4) is 0 Å². The first-order valence-corrected chi connectivity index (χ1v) is 6.33. The Bertz CT molecular complexity index is 476. The van der Waals surface area contributed by atoms with Crippen LogP contribution in [-0.2, 0) is 9.09 Å². The number of benzene rings is 1. The van der Waals surface area contributed by atoms with E-state index in [1.165, 1.54) is 0 Å². The van der Waals surface area contributed by atoms with Gasteiger partial charge in [0.2, 0.25) is 8.03 Å². The van der Waals surface area contributed by atoms with Crippen molar-refractivity contribution in [2.45, 2.75) is 12.0 Å². The molecule has 1 heterocycles. The third-order valence-corrected chi connectivity index (χ3v) is 4.25. The van der Waals surface area contributed by atoms with Gasteiger partial charge in [0.05, 0.1) is 6.10 Å². The first kappa shape index (κ1) is 9.14. The van der Waals surface area contributed by atoms with Crippen molar-refractivity contribution in [1.82, 2.24) is 0 Å². The van der Waals surface area contributed by atoms with E-state index in [9.17, 15) is 4.57 Å². The van der Waals surface area contributed by atoms with E-state index in [4.69, 9.17) is 4.52 Å². The summed E-state index contributed by atoms with van der Waals surface area (Å²) in [5.41, 5.74) is 1.15. The number of fused-ring (bicyclic) bond motifs is 3. The van der Waals surface area contributed by atoms with E-state index in [1.807, 2.05) is 42.5 Å². The SMILES string of the molecule is O=[PH]1OC2C=CC=CC2c2ccccc21. The molecule has 3 unspecified atom stereocenters. The molecule has 0 fully saturated rings. The maximum absolute atomic E-state index is 11.8. The Balaban J connectivity index is 2.16. The molecule has 3 atom stereocenters. The fourth-order valence-electron chi connectivity index (χ4n) is 2.14. The summed E-state index contributed by atoms with van der Waals surface area (Å²) in [7, 11) is -2.05. The number of hydrogen-bond donors (Lipinski definition) is 0. The molecule has 1 aliphatic heterocycles. The summed E-state index contributed by atoms with van der Waals surface area (Å²) in [6.07, 6.45) is 8.01. The van der Waals surface area contributed by atoms with Crippen LogP contribution >= 0.6 is 8.03 Å². The average Bonchev–Trinajstić information content (AvgIpc) is 2.30. The lowest BCUT2D eigenvalue weighted by atomic mass is 9.90. The van der Waals surface area contributed by atoms with E-state index in [-0.39, 0.29) is 12.0 Å². The van der Waals surface area contributed by atoms with Gasteiger partial charge in [0.15, 0.2) is 0 Å². The van der Waals surface area contributed by atoms with Crippen LogP contribution in [0.4, 0.5) is 0 Å². The lowest BCUT2D eigenvalue weighted by Crippen LogP contribution is -2.28. The third kappa shape index (κ3) is 1.41. The molecule has 3 heteroatoms. The number of rotatable bonds is 0. The molecule has 0 aromatic heterocycles. The Hall–Kier alpha value is -1.11. The van der Waals surface area contributed by atoms with Gasteiger partial charge in [0.1, 0.15) is 0 Å². The quantitative estimate of drug-likeness (QED) is 0.625. The van der Waals surface area contributed by atoms with Gasteiger partial charge in [-0.2, -0.15) is 0 Å². The molecule has 0 N–H and O–H groups in total. The van der Waals surface area contributed by atoms with Gasteiger partial charge in [-0.1, -0.05) is 42.5 Å². The summed E-state index contributed by atoms with van der Waals surface area (Å²) in [6, 6.07) is 7.84. The van der Waals surface area contributed by atoms with Gasteiger partial charge >= 0.3 is 0 Å². The Kier molecular flexibility index (Phi) is 2.12. The Morgan fingerprint density at radius 1 is 1.13 bits per heavy atom. The lowest BCUT2D eigenvalue weighted by molar-refractivity contribution is 0.243. The molecule has 0 saturated heterocycles. The highest BCUT2D eigenvalue weighted by Crippen LogP contribution is 2.41. The maximum Gasteiger partial charge on any atom is 0.221 e. The number of hydrogen-bond acceptors (Lipinski definition) is 2. The molecule has 0 saturated carbocycles. The van der Waals surface area contributed by atoms with Crippen LogP contribution in [0.1, 0.15) is 11.5 Å². The van der Waals surface area contributed by atoms with Crippen molar-refractivity contribution in [1.29, 1.82) is 0 Å². The van der Waals surface area contributed by atoms with Gasteiger partial charge in [-0.3, -0.25) is 4.57 Å². The van der Waals surface area contributed by atoms with E-state index in [0.717, 1.165) is 10.9 Å². The Morgan fingerprint density at radius 3 is 2.87 bits per heavy atom. The first-order valence-electron chi connectivity index (χ1n) is 5.01. The van der Waals surface area contributed by atoms with Crippen LogP contribution < -0.4 is 5.30 Å². The molecular formula is C12H11O2P. The van der Waals surface area contributed by atoms with Crippen LogP contribution in [0, 0.1) is 0 Å². The highest BCUT2D eigenvalue weighted by molar-refractivity contribution is 7.48. The summed E-state index contributed by atoms with van der Waals surface area (Å²) >= 11 is 0. The molecule has 0 spiro atoms. The normalized spacial score (nSPS) is 32.1. The molecule has 1 aromatic rings. The van der Waals surface area contributed by atoms with E-state index in [2.05, 4.69) is 6.08 Å². The van der Waals surface area contributed by atoms with Crippen LogP contribution in [0.25, 0.3) is 0 Å². The van der Waals surface area contributed by atoms with Gasteiger partial charge in [-0.25, -0.2) is 0 Å². The zero-order valence-corrected chi connectivity index (χ0v) is 9.09. The van der Waals surface area contributed by atoms with Crippen LogP contribution in [-0.4, -0.2) is 6.10 Å². The predicted molar refractivity (Wildman–Crippen MR) is 61.0 cm³/mol. The minimum absolute atomic E-state index is 0.0451. The van der Waals surface area contributed by atoms with Crippen molar-refractivity contribution >= 4 is 13.3 Å². The highest BCUT2D eigenvalue weighted by Gasteiger charge is 2.31. The zero-order chi connectivity index (χ0) is 10.3.